The Morgan fingerprint density at radius 3 is 2.24 bits per heavy atom. The second-order valence-electron chi connectivity index (χ2n) is 12.4. The number of rotatable bonds is 12. The third-order valence-electron chi connectivity index (χ3n) is 7.94. The van der Waals surface area contributed by atoms with Gasteiger partial charge in [-0.2, -0.15) is 0 Å². The van der Waals surface area contributed by atoms with Crippen molar-refractivity contribution >= 4 is 11.8 Å². The molecule has 1 atom stereocenters. The number of aliphatic hydroxyl groups excluding tert-OH is 1. The molecule has 2 N–H and O–H groups in total. The van der Waals surface area contributed by atoms with Crippen LogP contribution in [0.15, 0.2) is 119 Å². The molecule has 0 spiro atoms. The van der Waals surface area contributed by atoms with E-state index in [4.69, 9.17) is 4.74 Å². The summed E-state index contributed by atoms with van der Waals surface area (Å²) in [4.78, 5) is 14.0. The molecule has 5 aromatic rings. The van der Waals surface area contributed by atoms with E-state index in [1.165, 1.54) is 16.7 Å². The molecule has 1 heterocycles. The number of benzene rings is 4. The van der Waals surface area contributed by atoms with Crippen molar-refractivity contribution in [1.82, 2.24) is 10.1 Å². The Hall–Kier alpha value is -5.10. The number of ether oxygens (including phenoxy) is 1. The Kier molecular flexibility index (Phi) is 9.83. The number of nitrogens with one attached hydrogen (secondary N) is 1. The highest BCUT2D eigenvalue weighted by atomic mass is 16.5. The summed E-state index contributed by atoms with van der Waals surface area (Å²) in [5, 5.41) is 13.5. The van der Waals surface area contributed by atoms with Crippen LogP contribution in [0, 0.1) is 5.92 Å². The van der Waals surface area contributed by atoms with Gasteiger partial charge in [-0.15, -0.1) is 0 Å². The lowest BCUT2D eigenvalue weighted by Crippen LogP contribution is -2.10. The fourth-order valence-corrected chi connectivity index (χ4v) is 5.19. The van der Waals surface area contributed by atoms with Gasteiger partial charge in [0.05, 0.1) is 0 Å². The van der Waals surface area contributed by atoms with Gasteiger partial charge in [-0.1, -0.05) is 136 Å². The van der Waals surface area contributed by atoms with Crippen LogP contribution in [-0.4, -0.2) is 15.2 Å². The first-order valence-corrected chi connectivity index (χ1v) is 15.3. The van der Waals surface area contributed by atoms with Crippen LogP contribution in [0.5, 0.6) is 5.75 Å². The molecule has 0 saturated heterocycles. The van der Waals surface area contributed by atoms with Gasteiger partial charge in [0, 0.05) is 16.7 Å². The number of aromatic amines is 1. The van der Waals surface area contributed by atoms with Crippen molar-refractivity contribution in [2.45, 2.75) is 52.1 Å². The number of aryl methyl sites for hydroxylation is 1. The number of hydrogen-bond acceptors (Lipinski definition) is 5. The quantitative estimate of drug-likeness (QED) is 0.140. The first-order chi connectivity index (χ1) is 21.6. The van der Waals surface area contributed by atoms with Crippen LogP contribution < -0.4 is 10.5 Å². The summed E-state index contributed by atoms with van der Waals surface area (Å²) in [7, 11) is 0. The number of aliphatic hydroxyl groups is 1. The molecule has 0 aliphatic heterocycles. The molecular weight excluding hydrogens is 560 g/mol. The maximum absolute atomic E-state index is 11.4. The van der Waals surface area contributed by atoms with Crippen LogP contribution in [0.4, 0.5) is 0 Å². The molecule has 0 amide bonds. The van der Waals surface area contributed by atoms with E-state index < -0.39 is 5.76 Å². The molecule has 6 nitrogen and oxygen atoms in total. The molecular formula is C39H40N2O4. The van der Waals surface area contributed by atoms with Gasteiger partial charge in [-0.05, 0) is 58.9 Å². The maximum atomic E-state index is 11.4. The third kappa shape index (κ3) is 8.73. The maximum Gasteiger partial charge on any atom is 0.439 e. The molecule has 230 valence electrons. The Morgan fingerprint density at radius 1 is 0.933 bits per heavy atom. The van der Waals surface area contributed by atoms with Gasteiger partial charge in [0.15, 0.2) is 5.82 Å². The zero-order chi connectivity index (χ0) is 31.8. The van der Waals surface area contributed by atoms with Crippen molar-refractivity contribution in [2.24, 2.45) is 5.92 Å². The molecule has 4 aromatic carbocycles. The standard InChI is InChI=1S/C39H40N2O4/c1-27(42)32-18-11-28(12-19-32)9-10-29(25-30-14-21-34(22-15-30)37-40-38(43)45-41-37)13-20-33-7-5-6-8-36(33)44-26-31-16-23-35(24-17-31)39(2,3)4/h5-8,11-24,29,42H,1,9-10,25-26H2,2-4H3,(H,40,41,43)/b20-13+. The Bertz CT molecular complexity index is 1790. The van der Waals surface area contributed by atoms with Crippen LogP contribution in [0.3, 0.4) is 0 Å². The average molecular weight is 601 g/mol. The highest BCUT2D eigenvalue weighted by molar-refractivity contribution is 5.58. The van der Waals surface area contributed by atoms with Gasteiger partial charge in [0.2, 0.25) is 0 Å². The van der Waals surface area contributed by atoms with Crippen LogP contribution in [0.25, 0.3) is 23.2 Å². The molecule has 0 bridgehead atoms. The van der Waals surface area contributed by atoms with E-state index in [0.717, 1.165) is 47.3 Å². The van der Waals surface area contributed by atoms with Crippen molar-refractivity contribution in [2.75, 3.05) is 0 Å². The van der Waals surface area contributed by atoms with Crippen molar-refractivity contribution in [1.29, 1.82) is 0 Å². The third-order valence-corrected chi connectivity index (χ3v) is 7.94. The first kappa shape index (κ1) is 31.3. The molecule has 0 aliphatic rings. The van der Waals surface area contributed by atoms with Gasteiger partial charge in [0.1, 0.15) is 18.1 Å². The summed E-state index contributed by atoms with van der Waals surface area (Å²) in [6.45, 7) is 10.8. The molecule has 45 heavy (non-hydrogen) atoms. The number of nitrogens with zero attached hydrogens (tertiary/aromatic N) is 1. The van der Waals surface area contributed by atoms with E-state index in [2.05, 4.69) is 96.6 Å². The van der Waals surface area contributed by atoms with E-state index in [0.29, 0.717) is 12.4 Å². The van der Waals surface area contributed by atoms with Gasteiger partial charge in [0.25, 0.3) is 0 Å². The zero-order valence-corrected chi connectivity index (χ0v) is 26.1. The minimum absolute atomic E-state index is 0.0725. The summed E-state index contributed by atoms with van der Waals surface area (Å²) in [6.07, 6.45) is 7.08. The fourth-order valence-electron chi connectivity index (χ4n) is 5.19. The summed E-state index contributed by atoms with van der Waals surface area (Å²) in [5.74, 6) is 1.01. The Labute approximate surface area is 264 Å². The van der Waals surface area contributed by atoms with Crippen molar-refractivity contribution < 1.29 is 14.4 Å². The second kappa shape index (κ2) is 14.1. The normalized spacial score (nSPS) is 12.3. The van der Waals surface area contributed by atoms with Gasteiger partial charge in [-0.25, -0.2) is 4.79 Å². The van der Waals surface area contributed by atoms with Crippen molar-refractivity contribution in [3.63, 3.8) is 0 Å². The highest BCUT2D eigenvalue weighted by Crippen LogP contribution is 2.26. The molecule has 0 aliphatic carbocycles. The topological polar surface area (TPSA) is 88.3 Å². The second-order valence-corrected chi connectivity index (χ2v) is 12.4. The molecule has 5 rings (SSSR count). The van der Waals surface area contributed by atoms with Gasteiger partial charge < -0.3 is 9.84 Å². The number of allylic oxidation sites excluding steroid dienone is 1. The molecule has 1 unspecified atom stereocenters. The largest absolute Gasteiger partial charge is 0.508 e. The van der Waals surface area contributed by atoms with E-state index in [1.807, 2.05) is 54.6 Å². The van der Waals surface area contributed by atoms with E-state index in [9.17, 15) is 9.90 Å². The molecule has 0 radical (unpaired) electrons. The molecule has 0 saturated carbocycles. The lowest BCUT2D eigenvalue weighted by atomic mass is 9.87. The highest BCUT2D eigenvalue weighted by Gasteiger charge is 2.13. The number of aromatic nitrogens is 2. The Balaban J connectivity index is 1.31. The van der Waals surface area contributed by atoms with Crippen LogP contribution in [0.1, 0.15) is 60.6 Å². The predicted octanol–water partition coefficient (Wildman–Crippen LogP) is 8.94. The van der Waals surface area contributed by atoms with Crippen molar-refractivity contribution in [3.8, 4) is 17.1 Å². The summed E-state index contributed by atoms with van der Waals surface area (Å²) >= 11 is 0. The number of hydrogen-bond donors (Lipinski definition) is 2. The SMILES string of the molecule is C=C(O)c1ccc(CCC(/C=C/c2ccccc2OCc2ccc(C(C)(C)C)cc2)Cc2ccc(-c3noc(=O)[nH]3)cc2)cc1. The monoisotopic (exact) mass is 600 g/mol. The average Bonchev–Trinajstić information content (AvgIpc) is 3.48. The first-order valence-electron chi connectivity index (χ1n) is 15.3. The van der Waals surface area contributed by atoms with E-state index in [-0.39, 0.29) is 17.1 Å². The summed E-state index contributed by atoms with van der Waals surface area (Å²) in [5.41, 5.74) is 7.48. The minimum Gasteiger partial charge on any atom is -0.508 e. The van der Waals surface area contributed by atoms with E-state index >= 15 is 0 Å². The smallest absolute Gasteiger partial charge is 0.439 e. The fraction of sp³-hybridized carbons (Fsp3) is 0.231. The lowest BCUT2D eigenvalue weighted by Gasteiger charge is -2.19. The van der Waals surface area contributed by atoms with Crippen LogP contribution in [0.2, 0.25) is 0 Å². The van der Waals surface area contributed by atoms with Gasteiger partial charge in [-0.3, -0.25) is 9.51 Å². The summed E-state index contributed by atoms with van der Waals surface area (Å²) in [6, 6.07) is 32.7. The minimum atomic E-state index is -0.571. The Morgan fingerprint density at radius 2 is 1.60 bits per heavy atom. The number of para-hydroxylation sites is 1. The van der Waals surface area contributed by atoms with Crippen LogP contribution in [-0.2, 0) is 24.9 Å². The number of H-pyrrole nitrogens is 1. The van der Waals surface area contributed by atoms with Gasteiger partial charge >= 0.3 is 5.76 Å². The zero-order valence-electron chi connectivity index (χ0n) is 26.1. The molecule has 6 heteroatoms. The molecule has 1 aromatic heterocycles. The van der Waals surface area contributed by atoms with Crippen molar-refractivity contribution in [3.05, 3.63) is 154 Å². The summed E-state index contributed by atoms with van der Waals surface area (Å²) < 4.78 is 11.0. The molecule has 0 fully saturated rings. The predicted molar refractivity (Wildman–Crippen MR) is 181 cm³/mol. The van der Waals surface area contributed by atoms with Crippen LogP contribution >= 0.6 is 0 Å². The lowest BCUT2D eigenvalue weighted by molar-refractivity contribution is 0.305. The van der Waals surface area contributed by atoms with E-state index in [1.54, 1.807) is 0 Å².